The van der Waals surface area contributed by atoms with E-state index in [4.69, 9.17) is 9.47 Å². The number of aromatic nitrogens is 1. The predicted molar refractivity (Wildman–Crippen MR) is 87.3 cm³/mol. The van der Waals surface area contributed by atoms with Crippen molar-refractivity contribution in [2.45, 2.75) is 45.8 Å². The number of anilines is 1. The van der Waals surface area contributed by atoms with Gasteiger partial charge in [0.1, 0.15) is 11.6 Å². The topological polar surface area (TPSA) is 107 Å². The maximum atomic E-state index is 12.3. The van der Waals surface area contributed by atoms with Crippen LogP contribution in [-0.2, 0) is 19.1 Å². The molecule has 0 aromatic carbocycles. The van der Waals surface area contributed by atoms with E-state index in [0.29, 0.717) is 5.69 Å². The van der Waals surface area contributed by atoms with Crippen LogP contribution in [-0.4, -0.2) is 41.2 Å². The molecule has 0 bridgehead atoms. The first-order valence-electron chi connectivity index (χ1n) is 7.57. The summed E-state index contributed by atoms with van der Waals surface area (Å²) in [4.78, 5) is 39.8. The molecule has 0 radical (unpaired) electrons. The van der Waals surface area contributed by atoms with Gasteiger partial charge < -0.3 is 20.1 Å². The van der Waals surface area contributed by atoms with E-state index < -0.39 is 29.6 Å². The van der Waals surface area contributed by atoms with Crippen molar-refractivity contribution in [1.82, 2.24) is 10.3 Å². The fourth-order valence-electron chi connectivity index (χ4n) is 1.71. The predicted octanol–water partition coefficient (Wildman–Crippen LogP) is 1.87. The van der Waals surface area contributed by atoms with E-state index in [2.05, 4.69) is 15.6 Å². The van der Waals surface area contributed by atoms with Crippen LogP contribution in [0.25, 0.3) is 0 Å². The van der Waals surface area contributed by atoms with Gasteiger partial charge in [0.05, 0.1) is 24.9 Å². The average Bonchev–Trinajstić information content (AvgIpc) is 2.45. The van der Waals surface area contributed by atoms with Crippen molar-refractivity contribution in [3.63, 3.8) is 0 Å². The van der Waals surface area contributed by atoms with Gasteiger partial charge in [-0.15, -0.1) is 0 Å². The smallest absolute Gasteiger partial charge is 0.408 e. The van der Waals surface area contributed by atoms with E-state index in [9.17, 15) is 14.4 Å². The number of rotatable bonds is 6. The van der Waals surface area contributed by atoms with Gasteiger partial charge in [-0.05, 0) is 39.8 Å². The van der Waals surface area contributed by atoms with Crippen LogP contribution in [0.15, 0.2) is 24.5 Å². The number of amides is 2. The molecule has 2 N–H and O–H groups in total. The molecule has 132 valence electrons. The molecule has 1 unspecified atom stereocenters. The zero-order valence-electron chi connectivity index (χ0n) is 14.3. The van der Waals surface area contributed by atoms with Crippen LogP contribution in [0.2, 0.25) is 0 Å². The second-order valence-corrected chi connectivity index (χ2v) is 5.94. The number of pyridine rings is 1. The molecule has 24 heavy (non-hydrogen) atoms. The molecule has 1 aromatic rings. The van der Waals surface area contributed by atoms with Crippen molar-refractivity contribution < 1.29 is 23.9 Å². The van der Waals surface area contributed by atoms with Gasteiger partial charge in [-0.2, -0.15) is 0 Å². The molecule has 0 aliphatic rings. The van der Waals surface area contributed by atoms with Crippen LogP contribution in [0, 0.1) is 0 Å². The first kappa shape index (κ1) is 19.4. The van der Waals surface area contributed by atoms with E-state index in [0.717, 1.165) is 0 Å². The second-order valence-electron chi connectivity index (χ2n) is 5.94. The number of carbonyl (C=O) groups is 3. The van der Waals surface area contributed by atoms with Crippen LogP contribution in [0.4, 0.5) is 10.5 Å². The van der Waals surface area contributed by atoms with Crippen LogP contribution in [0.1, 0.15) is 34.1 Å². The Morgan fingerprint density at radius 3 is 2.54 bits per heavy atom. The SMILES string of the molecule is CCOC(=O)CC(NC(=O)OC(C)(C)C)C(=O)Nc1cccnc1. The molecule has 0 saturated heterocycles. The van der Waals surface area contributed by atoms with Gasteiger partial charge in [0.15, 0.2) is 0 Å². The Hall–Kier alpha value is -2.64. The van der Waals surface area contributed by atoms with Gasteiger partial charge >= 0.3 is 12.1 Å². The standard InChI is InChI=1S/C16H23N3O5/c1-5-23-13(20)9-12(19-15(22)24-16(2,3)4)14(21)18-11-7-6-8-17-10-11/h6-8,10,12H,5,9H2,1-4H3,(H,18,21)(H,19,22). The highest BCUT2D eigenvalue weighted by Gasteiger charge is 2.27. The normalized spacial score (nSPS) is 12.0. The molecule has 1 heterocycles. The van der Waals surface area contributed by atoms with E-state index in [1.807, 2.05) is 0 Å². The van der Waals surface area contributed by atoms with Gasteiger partial charge in [0.25, 0.3) is 0 Å². The lowest BCUT2D eigenvalue weighted by atomic mass is 10.2. The minimum atomic E-state index is -1.13. The summed E-state index contributed by atoms with van der Waals surface area (Å²) in [6.07, 6.45) is 1.91. The van der Waals surface area contributed by atoms with Crippen molar-refractivity contribution >= 4 is 23.7 Å². The first-order chi connectivity index (χ1) is 11.2. The minimum absolute atomic E-state index is 0.183. The number of hydrogen-bond acceptors (Lipinski definition) is 6. The molecule has 1 atom stereocenters. The highest BCUT2D eigenvalue weighted by atomic mass is 16.6. The Balaban J connectivity index is 2.78. The lowest BCUT2D eigenvalue weighted by molar-refractivity contribution is -0.144. The lowest BCUT2D eigenvalue weighted by Gasteiger charge is -2.23. The Kier molecular flexibility index (Phi) is 7.16. The molecular weight excluding hydrogens is 314 g/mol. The van der Waals surface area contributed by atoms with E-state index in [1.165, 1.54) is 6.20 Å². The van der Waals surface area contributed by atoms with Crippen molar-refractivity contribution in [2.75, 3.05) is 11.9 Å². The number of carbonyl (C=O) groups excluding carboxylic acids is 3. The second kappa shape index (κ2) is 8.85. The van der Waals surface area contributed by atoms with E-state index >= 15 is 0 Å². The van der Waals surface area contributed by atoms with Crippen molar-refractivity contribution in [2.24, 2.45) is 0 Å². The molecule has 0 saturated carbocycles. The molecule has 2 amide bonds. The van der Waals surface area contributed by atoms with Gasteiger partial charge in [0, 0.05) is 6.20 Å². The number of esters is 1. The highest BCUT2D eigenvalue weighted by Crippen LogP contribution is 2.09. The quantitative estimate of drug-likeness (QED) is 0.768. The third-order valence-corrected chi connectivity index (χ3v) is 2.61. The van der Waals surface area contributed by atoms with Crippen LogP contribution in [0.3, 0.4) is 0 Å². The Bertz CT molecular complexity index is 569. The first-order valence-corrected chi connectivity index (χ1v) is 7.57. The molecule has 0 aliphatic carbocycles. The zero-order valence-corrected chi connectivity index (χ0v) is 14.3. The molecule has 8 nitrogen and oxygen atoms in total. The third-order valence-electron chi connectivity index (χ3n) is 2.61. The monoisotopic (exact) mass is 337 g/mol. The highest BCUT2D eigenvalue weighted by molar-refractivity contribution is 5.98. The summed E-state index contributed by atoms with van der Waals surface area (Å²) < 4.78 is 9.95. The van der Waals surface area contributed by atoms with Crippen LogP contribution < -0.4 is 10.6 Å². The molecule has 8 heteroatoms. The minimum Gasteiger partial charge on any atom is -0.466 e. The summed E-state index contributed by atoms with van der Waals surface area (Å²) in [5.41, 5.74) is -0.277. The number of hydrogen-bond donors (Lipinski definition) is 2. The van der Waals surface area contributed by atoms with E-state index in [1.54, 1.807) is 46.0 Å². The molecular formula is C16H23N3O5. The van der Waals surface area contributed by atoms with Gasteiger partial charge in [-0.1, -0.05) is 0 Å². The Morgan fingerprint density at radius 2 is 2.00 bits per heavy atom. The van der Waals surface area contributed by atoms with Gasteiger partial charge in [0.2, 0.25) is 5.91 Å². The summed E-state index contributed by atoms with van der Waals surface area (Å²) >= 11 is 0. The fraction of sp³-hybridized carbons (Fsp3) is 0.500. The van der Waals surface area contributed by atoms with E-state index in [-0.39, 0.29) is 13.0 Å². The summed E-state index contributed by atoms with van der Waals surface area (Å²) in [6, 6.07) is 2.16. The molecule has 1 aromatic heterocycles. The Labute approximate surface area is 140 Å². The number of alkyl carbamates (subject to hydrolysis) is 1. The van der Waals surface area contributed by atoms with Gasteiger partial charge in [-0.25, -0.2) is 4.79 Å². The number of ether oxygens (including phenoxy) is 2. The summed E-state index contributed by atoms with van der Waals surface area (Å²) in [7, 11) is 0. The molecule has 1 rings (SSSR count). The summed E-state index contributed by atoms with van der Waals surface area (Å²) in [5.74, 6) is -1.16. The maximum Gasteiger partial charge on any atom is 0.408 e. The average molecular weight is 337 g/mol. The summed E-state index contributed by atoms with van der Waals surface area (Å²) in [6.45, 7) is 6.93. The Morgan fingerprint density at radius 1 is 1.29 bits per heavy atom. The zero-order chi connectivity index (χ0) is 18.2. The largest absolute Gasteiger partial charge is 0.466 e. The molecule has 0 fully saturated rings. The molecule has 0 aliphatic heterocycles. The van der Waals surface area contributed by atoms with Gasteiger partial charge in [-0.3, -0.25) is 14.6 Å². The van der Waals surface area contributed by atoms with Crippen molar-refractivity contribution in [3.8, 4) is 0 Å². The van der Waals surface area contributed by atoms with Crippen LogP contribution in [0.5, 0.6) is 0 Å². The van der Waals surface area contributed by atoms with Crippen molar-refractivity contribution in [1.29, 1.82) is 0 Å². The number of nitrogens with one attached hydrogen (secondary N) is 2. The molecule has 0 spiro atoms. The third kappa shape index (κ3) is 7.57. The maximum absolute atomic E-state index is 12.3. The number of nitrogens with zero attached hydrogens (tertiary/aromatic N) is 1. The van der Waals surface area contributed by atoms with Crippen LogP contribution >= 0.6 is 0 Å². The van der Waals surface area contributed by atoms with Crippen molar-refractivity contribution in [3.05, 3.63) is 24.5 Å². The lowest BCUT2D eigenvalue weighted by Crippen LogP contribution is -2.47. The fourth-order valence-corrected chi connectivity index (χ4v) is 1.71. The summed E-state index contributed by atoms with van der Waals surface area (Å²) in [5, 5.41) is 4.97.